The first-order valence-corrected chi connectivity index (χ1v) is 5.60. The first kappa shape index (κ1) is 5.57. The van der Waals surface area contributed by atoms with Crippen LogP contribution in [0.1, 0.15) is 19.3 Å². The standard InChI is InChI=1S/C5H14Si2/c6-4-1-2-5(7)3-4/h4-5H,1-3H2,6-7H3/t4-,5?/m0/s1. The second kappa shape index (κ2) is 2.13. The Morgan fingerprint density at radius 2 is 1.43 bits per heavy atom. The van der Waals surface area contributed by atoms with Crippen molar-refractivity contribution in [3.63, 3.8) is 0 Å². The summed E-state index contributed by atoms with van der Waals surface area (Å²) in [5.41, 5.74) is 2.39. The average Bonchev–Trinajstić information content (AvgIpc) is 1.87. The molecule has 1 unspecified atom stereocenters. The van der Waals surface area contributed by atoms with Crippen molar-refractivity contribution in [3.8, 4) is 0 Å². The summed E-state index contributed by atoms with van der Waals surface area (Å²) < 4.78 is 0. The van der Waals surface area contributed by atoms with Gasteiger partial charge in [-0.15, -0.1) is 0 Å². The number of hydrogen-bond donors (Lipinski definition) is 0. The van der Waals surface area contributed by atoms with Gasteiger partial charge in [-0.1, -0.05) is 30.3 Å². The topological polar surface area (TPSA) is 0 Å². The van der Waals surface area contributed by atoms with Gasteiger partial charge in [0, 0.05) is 20.5 Å². The monoisotopic (exact) mass is 130 g/mol. The molecule has 0 aromatic rings. The number of rotatable bonds is 0. The molecule has 0 radical (unpaired) electrons. The van der Waals surface area contributed by atoms with Crippen molar-refractivity contribution in [2.75, 3.05) is 0 Å². The van der Waals surface area contributed by atoms with E-state index in [0.29, 0.717) is 0 Å². The highest BCUT2D eigenvalue weighted by Crippen LogP contribution is 2.34. The summed E-state index contributed by atoms with van der Waals surface area (Å²) in [5.74, 6) is 0. The number of hydrogen-bond acceptors (Lipinski definition) is 0. The van der Waals surface area contributed by atoms with Crippen LogP contribution in [-0.2, 0) is 0 Å². The van der Waals surface area contributed by atoms with Gasteiger partial charge in [0.2, 0.25) is 0 Å². The molecule has 1 aliphatic carbocycles. The summed E-state index contributed by atoms with van der Waals surface area (Å²) >= 11 is 0. The van der Waals surface area contributed by atoms with E-state index in [0.717, 1.165) is 0 Å². The van der Waals surface area contributed by atoms with E-state index < -0.39 is 0 Å². The zero-order chi connectivity index (χ0) is 5.28. The van der Waals surface area contributed by atoms with Crippen LogP contribution in [0, 0.1) is 0 Å². The lowest BCUT2D eigenvalue weighted by atomic mass is 10.4. The normalized spacial score (nSPS) is 42.9. The van der Waals surface area contributed by atoms with Crippen LogP contribution in [0.4, 0.5) is 0 Å². The van der Waals surface area contributed by atoms with Crippen molar-refractivity contribution >= 4 is 20.5 Å². The summed E-state index contributed by atoms with van der Waals surface area (Å²) in [6, 6.07) is 0. The summed E-state index contributed by atoms with van der Waals surface area (Å²) in [6.45, 7) is 0. The SMILES string of the molecule is [SiH3]C1CC[C@H]([SiH3])C1. The van der Waals surface area contributed by atoms with Gasteiger partial charge in [0.25, 0.3) is 0 Å². The van der Waals surface area contributed by atoms with Crippen LogP contribution >= 0.6 is 0 Å². The molecule has 0 heterocycles. The van der Waals surface area contributed by atoms with Crippen molar-refractivity contribution in [3.05, 3.63) is 0 Å². The molecule has 0 N–H and O–H groups in total. The molecule has 1 saturated carbocycles. The summed E-state index contributed by atoms with van der Waals surface area (Å²) in [5, 5.41) is 0. The molecule has 7 heavy (non-hydrogen) atoms. The van der Waals surface area contributed by atoms with Crippen molar-refractivity contribution in [1.82, 2.24) is 0 Å². The fraction of sp³-hybridized carbons (Fsp3) is 1.00. The average molecular weight is 130 g/mol. The highest BCUT2D eigenvalue weighted by Gasteiger charge is 2.15. The van der Waals surface area contributed by atoms with Gasteiger partial charge in [-0.2, -0.15) is 0 Å². The highest BCUT2D eigenvalue weighted by atomic mass is 28.1. The Labute approximate surface area is 51.5 Å². The Balaban J connectivity index is 2.26. The zero-order valence-electron chi connectivity index (χ0n) is 5.28. The maximum absolute atomic E-state index is 1.60. The lowest BCUT2D eigenvalue weighted by molar-refractivity contribution is 0.878. The molecule has 0 nitrogen and oxygen atoms in total. The van der Waals surface area contributed by atoms with Gasteiger partial charge in [-0.05, 0) is 0 Å². The predicted molar refractivity (Wildman–Crippen MR) is 41.2 cm³/mol. The van der Waals surface area contributed by atoms with E-state index in [4.69, 9.17) is 0 Å². The molecule has 0 amide bonds. The summed E-state index contributed by atoms with van der Waals surface area (Å²) in [4.78, 5) is 0. The molecule has 0 aromatic carbocycles. The third kappa shape index (κ3) is 1.42. The first-order chi connectivity index (χ1) is 3.29. The Morgan fingerprint density at radius 3 is 1.57 bits per heavy atom. The van der Waals surface area contributed by atoms with Crippen LogP contribution in [-0.4, -0.2) is 20.5 Å². The minimum absolute atomic E-state index is 1.20. The fourth-order valence-corrected chi connectivity index (χ4v) is 4.71. The summed E-state index contributed by atoms with van der Waals surface area (Å²) in [6.07, 6.45) is 4.74. The minimum atomic E-state index is 1.20. The van der Waals surface area contributed by atoms with Crippen LogP contribution in [0.2, 0.25) is 11.1 Å². The molecule has 1 rings (SSSR count). The Bertz CT molecular complexity index is 55.1. The molecule has 42 valence electrons. The van der Waals surface area contributed by atoms with Crippen LogP contribution in [0.5, 0.6) is 0 Å². The van der Waals surface area contributed by atoms with E-state index >= 15 is 0 Å². The van der Waals surface area contributed by atoms with Gasteiger partial charge in [0.1, 0.15) is 0 Å². The van der Waals surface area contributed by atoms with Crippen LogP contribution in [0.15, 0.2) is 0 Å². The van der Waals surface area contributed by atoms with Crippen molar-refractivity contribution in [2.24, 2.45) is 0 Å². The van der Waals surface area contributed by atoms with E-state index in [2.05, 4.69) is 0 Å². The molecular formula is C5H14Si2. The maximum Gasteiger partial charge on any atom is 0.00672 e. The Morgan fingerprint density at radius 1 is 1.00 bits per heavy atom. The van der Waals surface area contributed by atoms with Gasteiger partial charge >= 0.3 is 0 Å². The Kier molecular flexibility index (Phi) is 1.70. The molecular weight excluding hydrogens is 116 g/mol. The molecule has 1 aliphatic rings. The zero-order valence-corrected chi connectivity index (χ0v) is 9.28. The lowest BCUT2D eigenvalue weighted by Crippen LogP contribution is -1.83. The minimum Gasteiger partial charge on any atom is -0.0546 e. The highest BCUT2D eigenvalue weighted by molar-refractivity contribution is 6.15. The smallest absolute Gasteiger partial charge is 0.00672 e. The fourth-order valence-electron chi connectivity index (χ4n) is 1.49. The second-order valence-corrected chi connectivity index (χ2v) is 6.29. The van der Waals surface area contributed by atoms with Gasteiger partial charge in [-0.3, -0.25) is 0 Å². The Hall–Kier alpha value is 0.434. The molecule has 0 aromatic heterocycles. The first-order valence-electron chi connectivity index (χ1n) is 3.29. The van der Waals surface area contributed by atoms with Gasteiger partial charge in [-0.25, -0.2) is 0 Å². The van der Waals surface area contributed by atoms with Crippen LogP contribution < -0.4 is 0 Å². The molecule has 2 heteroatoms. The van der Waals surface area contributed by atoms with Crippen molar-refractivity contribution in [2.45, 2.75) is 30.3 Å². The third-order valence-corrected chi connectivity index (χ3v) is 4.05. The van der Waals surface area contributed by atoms with E-state index in [1.807, 2.05) is 0 Å². The second-order valence-electron chi connectivity index (χ2n) is 3.02. The van der Waals surface area contributed by atoms with Crippen molar-refractivity contribution in [1.29, 1.82) is 0 Å². The summed E-state index contributed by atoms with van der Waals surface area (Å²) in [7, 11) is 2.93. The molecule has 2 atom stereocenters. The van der Waals surface area contributed by atoms with Crippen LogP contribution in [0.25, 0.3) is 0 Å². The van der Waals surface area contributed by atoms with E-state index in [1.54, 1.807) is 19.3 Å². The van der Waals surface area contributed by atoms with E-state index in [-0.39, 0.29) is 0 Å². The van der Waals surface area contributed by atoms with Gasteiger partial charge < -0.3 is 0 Å². The van der Waals surface area contributed by atoms with E-state index in [1.165, 1.54) is 31.6 Å². The van der Waals surface area contributed by atoms with Crippen LogP contribution in [0.3, 0.4) is 0 Å². The third-order valence-electron chi connectivity index (χ3n) is 1.96. The molecule has 0 aliphatic heterocycles. The lowest BCUT2D eigenvalue weighted by Gasteiger charge is -1.96. The van der Waals surface area contributed by atoms with E-state index in [9.17, 15) is 0 Å². The maximum atomic E-state index is 1.60. The van der Waals surface area contributed by atoms with Gasteiger partial charge in [0.05, 0.1) is 0 Å². The molecule has 0 bridgehead atoms. The predicted octanol–water partition coefficient (Wildman–Crippen LogP) is -0.522. The largest absolute Gasteiger partial charge is 0.0546 e. The van der Waals surface area contributed by atoms with Gasteiger partial charge in [0.15, 0.2) is 0 Å². The quantitative estimate of drug-likeness (QED) is 0.387. The molecule has 0 spiro atoms. The van der Waals surface area contributed by atoms with Crippen molar-refractivity contribution < 1.29 is 0 Å². The molecule has 0 saturated heterocycles. The molecule has 1 fully saturated rings.